The zero-order chi connectivity index (χ0) is 14.7. The summed E-state index contributed by atoms with van der Waals surface area (Å²) < 4.78 is 16.2. The predicted molar refractivity (Wildman–Crippen MR) is 70.5 cm³/mol. The molecule has 1 aliphatic heterocycles. The van der Waals surface area contributed by atoms with Crippen molar-refractivity contribution in [2.45, 2.75) is 31.5 Å². The second kappa shape index (κ2) is 6.41. The summed E-state index contributed by atoms with van der Waals surface area (Å²) in [5, 5.41) is 28.8. The molecule has 1 fully saturated rings. The van der Waals surface area contributed by atoms with Crippen LogP contribution < -0.4 is 9.47 Å². The minimum absolute atomic E-state index is 0.382. The third-order valence-corrected chi connectivity index (χ3v) is 3.50. The van der Waals surface area contributed by atoms with Gasteiger partial charge in [-0.2, -0.15) is 0 Å². The first-order chi connectivity index (χ1) is 9.56. The molecular weight excluding hydrogens is 264 g/mol. The van der Waals surface area contributed by atoms with Crippen LogP contribution in [0, 0.1) is 5.92 Å². The number of rotatable bonds is 4. The Bertz CT molecular complexity index is 418. The molecule has 112 valence electrons. The van der Waals surface area contributed by atoms with E-state index in [1.54, 1.807) is 38.3 Å². The van der Waals surface area contributed by atoms with E-state index in [0.29, 0.717) is 11.5 Å². The van der Waals surface area contributed by atoms with E-state index >= 15 is 0 Å². The molecule has 5 atom stereocenters. The third-order valence-electron chi connectivity index (χ3n) is 3.50. The molecular formula is C14H20O6. The zero-order valence-corrected chi connectivity index (χ0v) is 11.5. The van der Waals surface area contributed by atoms with Gasteiger partial charge >= 0.3 is 0 Å². The van der Waals surface area contributed by atoms with Gasteiger partial charge in [-0.05, 0) is 24.3 Å². The molecule has 0 bridgehead atoms. The van der Waals surface area contributed by atoms with Crippen LogP contribution in [-0.2, 0) is 4.74 Å². The van der Waals surface area contributed by atoms with Gasteiger partial charge in [0.1, 0.15) is 23.7 Å². The van der Waals surface area contributed by atoms with Crippen molar-refractivity contribution in [3.05, 3.63) is 24.3 Å². The molecule has 0 aliphatic carbocycles. The summed E-state index contributed by atoms with van der Waals surface area (Å²) in [6.07, 6.45) is -3.72. The first-order valence-electron chi connectivity index (χ1n) is 6.50. The average Bonchev–Trinajstić information content (AvgIpc) is 2.48. The van der Waals surface area contributed by atoms with E-state index in [4.69, 9.17) is 19.3 Å². The highest BCUT2D eigenvalue weighted by molar-refractivity contribution is 5.31. The summed E-state index contributed by atoms with van der Waals surface area (Å²) in [7, 11) is 1.58. The lowest BCUT2D eigenvalue weighted by atomic mass is 9.92. The molecule has 0 aromatic heterocycles. The summed E-state index contributed by atoms with van der Waals surface area (Å²) >= 11 is 0. The third kappa shape index (κ3) is 3.04. The van der Waals surface area contributed by atoms with Crippen LogP contribution in [0.5, 0.6) is 11.5 Å². The summed E-state index contributed by atoms with van der Waals surface area (Å²) in [6.45, 7) is 1.34. The Hall–Kier alpha value is -1.34. The maximum Gasteiger partial charge on any atom is 0.205 e. The Kier molecular flexibility index (Phi) is 4.82. The molecule has 1 heterocycles. The van der Waals surface area contributed by atoms with Crippen LogP contribution >= 0.6 is 0 Å². The van der Waals surface area contributed by atoms with Crippen molar-refractivity contribution < 1.29 is 29.5 Å². The van der Waals surface area contributed by atoms with Gasteiger partial charge in [0.05, 0.1) is 19.8 Å². The number of ether oxygens (including phenoxy) is 3. The fourth-order valence-corrected chi connectivity index (χ4v) is 2.14. The summed E-state index contributed by atoms with van der Waals surface area (Å²) in [4.78, 5) is 0. The van der Waals surface area contributed by atoms with Gasteiger partial charge in [-0.15, -0.1) is 0 Å². The molecule has 0 amide bonds. The second-order valence-electron chi connectivity index (χ2n) is 4.86. The van der Waals surface area contributed by atoms with Gasteiger partial charge < -0.3 is 29.5 Å². The van der Waals surface area contributed by atoms with Crippen molar-refractivity contribution in [1.29, 1.82) is 0 Å². The van der Waals surface area contributed by atoms with Crippen LogP contribution in [0.3, 0.4) is 0 Å². The highest BCUT2D eigenvalue weighted by Gasteiger charge is 2.43. The number of hydrogen-bond donors (Lipinski definition) is 3. The van der Waals surface area contributed by atoms with Crippen LogP contribution in [0.25, 0.3) is 0 Å². The normalized spacial score (nSPS) is 33.8. The van der Waals surface area contributed by atoms with E-state index in [1.807, 2.05) is 0 Å². The van der Waals surface area contributed by atoms with Crippen molar-refractivity contribution in [1.82, 2.24) is 0 Å². The summed E-state index contributed by atoms with van der Waals surface area (Å²) in [6, 6.07) is 6.94. The van der Waals surface area contributed by atoms with Crippen LogP contribution in [-0.4, -0.2) is 53.6 Å². The molecule has 0 spiro atoms. The van der Waals surface area contributed by atoms with Crippen LogP contribution in [0.2, 0.25) is 0 Å². The van der Waals surface area contributed by atoms with Crippen molar-refractivity contribution in [2.24, 2.45) is 5.92 Å². The van der Waals surface area contributed by atoms with E-state index in [0.717, 1.165) is 0 Å². The van der Waals surface area contributed by atoms with Crippen molar-refractivity contribution in [3.63, 3.8) is 0 Å². The fourth-order valence-electron chi connectivity index (χ4n) is 2.14. The number of aliphatic hydroxyl groups excluding tert-OH is 3. The maximum absolute atomic E-state index is 9.94. The van der Waals surface area contributed by atoms with Gasteiger partial charge in [-0.3, -0.25) is 0 Å². The van der Waals surface area contributed by atoms with E-state index in [2.05, 4.69) is 0 Å². The Balaban J connectivity index is 2.06. The SMILES string of the molecule is COc1ccc(OC2OC(CO)C(O)C(O)C2C)cc1. The Morgan fingerprint density at radius 1 is 1.10 bits per heavy atom. The van der Waals surface area contributed by atoms with E-state index < -0.39 is 30.5 Å². The predicted octanol–water partition coefficient (Wildman–Crippen LogP) is 0.149. The Morgan fingerprint density at radius 3 is 2.25 bits per heavy atom. The van der Waals surface area contributed by atoms with Gasteiger partial charge in [0.15, 0.2) is 0 Å². The topological polar surface area (TPSA) is 88.4 Å². The molecule has 1 aromatic rings. The molecule has 20 heavy (non-hydrogen) atoms. The quantitative estimate of drug-likeness (QED) is 0.729. The maximum atomic E-state index is 9.94. The molecule has 1 saturated heterocycles. The molecule has 1 aromatic carbocycles. The van der Waals surface area contributed by atoms with Gasteiger partial charge in [0.2, 0.25) is 6.29 Å². The molecule has 3 N–H and O–H groups in total. The number of hydrogen-bond acceptors (Lipinski definition) is 6. The highest BCUT2D eigenvalue weighted by Crippen LogP contribution is 2.28. The van der Waals surface area contributed by atoms with Gasteiger partial charge in [-0.25, -0.2) is 0 Å². The largest absolute Gasteiger partial charge is 0.497 e. The van der Waals surface area contributed by atoms with Crippen LogP contribution in [0.4, 0.5) is 0 Å². The summed E-state index contributed by atoms with van der Waals surface area (Å²) in [5.74, 6) is 0.844. The Morgan fingerprint density at radius 2 is 1.70 bits per heavy atom. The molecule has 6 nitrogen and oxygen atoms in total. The molecule has 5 unspecified atom stereocenters. The summed E-state index contributed by atoms with van der Waals surface area (Å²) in [5.41, 5.74) is 0. The van der Waals surface area contributed by atoms with Crippen LogP contribution in [0.15, 0.2) is 24.3 Å². The average molecular weight is 284 g/mol. The standard InChI is InChI=1S/C14H20O6/c1-8-12(16)13(17)11(7-15)20-14(8)19-10-5-3-9(18-2)4-6-10/h3-6,8,11-17H,7H2,1-2H3. The minimum Gasteiger partial charge on any atom is -0.497 e. The molecule has 0 saturated carbocycles. The number of methoxy groups -OCH3 is 1. The van der Waals surface area contributed by atoms with Crippen molar-refractivity contribution in [3.8, 4) is 11.5 Å². The number of aliphatic hydroxyl groups is 3. The molecule has 2 rings (SSSR count). The van der Waals surface area contributed by atoms with Crippen molar-refractivity contribution >= 4 is 0 Å². The molecule has 6 heteroatoms. The van der Waals surface area contributed by atoms with Crippen molar-refractivity contribution in [2.75, 3.05) is 13.7 Å². The molecule has 0 radical (unpaired) electrons. The van der Waals surface area contributed by atoms with Gasteiger partial charge in [0.25, 0.3) is 0 Å². The van der Waals surface area contributed by atoms with Gasteiger partial charge in [0, 0.05) is 5.92 Å². The first-order valence-corrected chi connectivity index (χ1v) is 6.50. The highest BCUT2D eigenvalue weighted by atomic mass is 16.7. The smallest absolute Gasteiger partial charge is 0.205 e. The van der Waals surface area contributed by atoms with E-state index in [9.17, 15) is 10.2 Å². The molecule has 1 aliphatic rings. The minimum atomic E-state index is -1.12. The lowest BCUT2D eigenvalue weighted by Gasteiger charge is -2.40. The monoisotopic (exact) mass is 284 g/mol. The number of benzene rings is 1. The van der Waals surface area contributed by atoms with E-state index in [1.165, 1.54) is 0 Å². The fraction of sp³-hybridized carbons (Fsp3) is 0.571. The Labute approximate surface area is 117 Å². The lowest BCUT2D eigenvalue weighted by Crippen LogP contribution is -2.56. The van der Waals surface area contributed by atoms with Gasteiger partial charge in [-0.1, -0.05) is 6.92 Å². The van der Waals surface area contributed by atoms with Crippen LogP contribution in [0.1, 0.15) is 6.92 Å². The lowest BCUT2D eigenvalue weighted by molar-refractivity contribution is -0.256. The second-order valence-corrected chi connectivity index (χ2v) is 4.86. The first kappa shape index (κ1) is 15.1. The zero-order valence-electron chi connectivity index (χ0n) is 11.5. The van der Waals surface area contributed by atoms with E-state index in [-0.39, 0.29) is 6.61 Å².